The van der Waals surface area contributed by atoms with E-state index in [4.69, 9.17) is 0 Å². The summed E-state index contributed by atoms with van der Waals surface area (Å²) in [5.74, 6) is 0.549. The molecule has 0 aliphatic heterocycles. The Bertz CT molecular complexity index is 817. The predicted molar refractivity (Wildman–Crippen MR) is 94.7 cm³/mol. The Kier molecular flexibility index (Phi) is 4.90. The summed E-state index contributed by atoms with van der Waals surface area (Å²) in [4.78, 5) is 20.7. The summed E-state index contributed by atoms with van der Waals surface area (Å²) in [6, 6.07) is 11.4. The van der Waals surface area contributed by atoms with Crippen LogP contribution in [0.25, 0.3) is 11.4 Å². The summed E-state index contributed by atoms with van der Waals surface area (Å²) in [5, 5.41) is 10.1. The Morgan fingerprint density at radius 1 is 1.25 bits per heavy atom. The monoisotopic (exact) mass is 339 g/mol. The number of benzene rings is 1. The number of aromatic amines is 1. The van der Waals surface area contributed by atoms with Gasteiger partial charge in [0.05, 0.1) is 5.25 Å². The van der Waals surface area contributed by atoms with Gasteiger partial charge in [-0.05, 0) is 38.1 Å². The highest BCUT2D eigenvalue weighted by Gasteiger charge is 2.17. The number of carbonyl (C=O) groups is 1. The number of carbonyl (C=O) groups excluding carboxylic acids is 1. The van der Waals surface area contributed by atoms with Gasteiger partial charge in [0.15, 0.2) is 5.82 Å². The Morgan fingerprint density at radius 2 is 2.04 bits per heavy atom. The first kappa shape index (κ1) is 16.2. The zero-order chi connectivity index (χ0) is 16.9. The highest BCUT2D eigenvalue weighted by molar-refractivity contribution is 8.00. The van der Waals surface area contributed by atoms with E-state index in [1.54, 1.807) is 12.4 Å². The number of amides is 1. The van der Waals surface area contributed by atoms with E-state index in [2.05, 4.69) is 25.5 Å². The highest BCUT2D eigenvalue weighted by Crippen LogP contribution is 2.23. The lowest BCUT2D eigenvalue weighted by Gasteiger charge is -2.10. The smallest absolute Gasteiger partial charge is 0.237 e. The van der Waals surface area contributed by atoms with Crippen molar-refractivity contribution in [2.45, 2.75) is 24.3 Å². The molecule has 0 saturated carbocycles. The van der Waals surface area contributed by atoms with E-state index in [1.165, 1.54) is 11.8 Å². The molecule has 3 rings (SSSR count). The molecule has 2 heterocycles. The molecule has 0 fully saturated rings. The number of H-pyrrole nitrogens is 1. The average molecular weight is 339 g/mol. The number of aromatic nitrogens is 4. The third-order valence-electron chi connectivity index (χ3n) is 3.37. The van der Waals surface area contributed by atoms with Gasteiger partial charge in [-0.2, -0.15) is 0 Å². The SMILES string of the molecule is Cc1ccc(NC(=O)C(C)Sc2n[nH]c(-c3cccnc3)n2)cc1. The van der Waals surface area contributed by atoms with Crippen molar-refractivity contribution in [1.29, 1.82) is 0 Å². The first-order valence-corrected chi connectivity index (χ1v) is 8.37. The molecule has 1 aromatic carbocycles. The maximum Gasteiger partial charge on any atom is 0.237 e. The minimum absolute atomic E-state index is 0.0865. The standard InChI is InChI=1S/C17H17N5OS/c1-11-5-7-14(8-6-11)19-16(23)12(2)24-17-20-15(21-22-17)13-4-3-9-18-10-13/h3-10,12H,1-2H3,(H,19,23)(H,20,21,22). The number of hydrogen-bond donors (Lipinski definition) is 2. The summed E-state index contributed by atoms with van der Waals surface area (Å²) in [5.41, 5.74) is 2.79. The summed E-state index contributed by atoms with van der Waals surface area (Å²) < 4.78 is 0. The molecule has 1 amide bonds. The van der Waals surface area contributed by atoms with Crippen LogP contribution in [0.2, 0.25) is 0 Å². The van der Waals surface area contributed by atoms with Crippen molar-refractivity contribution < 1.29 is 4.79 Å². The van der Waals surface area contributed by atoms with Crippen LogP contribution in [-0.4, -0.2) is 31.3 Å². The van der Waals surface area contributed by atoms with Crippen LogP contribution in [0.5, 0.6) is 0 Å². The maximum atomic E-state index is 12.3. The molecule has 0 aliphatic rings. The Morgan fingerprint density at radius 3 is 2.75 bits per heavy atom. The van der Waals surface area contributed by atoms with E-state index in [-0.39, 0.29) is 11.2 Å². The molecule has 0 saturated heterocycles. The fraction of sp³-hybridized carbons (Fsp3) is 0.176. The summed E-state index contributed by atoms with van der Waals surface area (Å²) in [7, 11) is 0. The first-order valence-electron chi connectivity index (χ1n) is 7.49. The van der Waals surface area contributed by atoms with Gasteiger partial charge < -0.3 is 5.32 Å². The van der Waals surface area contributed by atoms with E-state index < -0.39 is 0 Å². The quantitative estimate of drug-likeness (QED) is 0.697. The third kappa shape index (κ3) is 3.99. The Hall–Kier alpha value is -2.67. The third-order valence-corrected chi connectivity index (χ3v) is 4.33. The van der Waals surface area contributed by atoms with Gasteiger partial charge in [0.25, 0.3) is 0 Å². The van der Waals surface area contributed by atoms with Crippen LogP contribution in [0.4, 0.5) is 5.69 Å². The zero-order valence-corrected chi connectivity index (χ0v) is 14.2. The molecule has 1 atom stereocenters. The molecular weight excluding hydrogens is 322 g/mol. The number of hydrogen-bond acceptors (Lipinski definition) is 5. The molecule has 0 radical (unpaired) electrons. The second-order valence-corrected chi connectivity index (χ2v) is 6.63. The van der Waals surface area contributed by atoms with E-state index in [0.717, 1.165) is 16.8 Å². The maximum absolute atomic E-state index is 12.3. The summed E-state index contributed by atoms with van der Waals surface area (Å²) >= 11 is 1.30. The number of pyridine rings is 1. The van der Waals surface area contributed by atoms with E-state index in [0.29, 0.717) is 11.0 Å². The van der Waals surface area contributed by atoms with Crippen molar-refractivity contribution in [3.05, 3.63) is 54.4 Å². The fourth-order valence-corrected chi connectivity index (χ4v) is 2.75. The number of nitrogens with one attached hydrogen (secondary N) is 2. The van der Waals surface area contributed by atoms with Crippen molar-refractivity contribution in [2.75, 3.05) is 5.32 Å². The molecular formula is C17H17N5OS. The van der Waals surface area contributed by atoms with Crippen molar-refractivity contribution in [3.63, 3.8) is 0 Å². The van der Waals surface area contributed by atoms with Crippen LogP contribution in [0, 0.1) is 6.92 Å². The lowest BCUT2D eigenvalue weighted by atomic mass is 10.2. The molecule has 7 heteroatoms. The predicted octanol–water partition coefficient (Wildman–Crippen LogP) is 3.29. The van der Waals surface area contributed by atoms with E-state index in [1.807, 2.05) is 50.2 Å². The zero-order valence-electron chi connectivity index (χ0n) is 13.4. The first-order chi connectivity index (χ1) is 11.6. The number of thioether (sulfide) groups is 1. The van der Waals surface area contributed by atoms with Crippen LogP contribution in [-0.2, 0) is 4.79 Å². The van der Waals surface area contributed by atoms with Gasteiger partial charge >= 0.3 is 0 Å². The van der Waals surface area contributed by atoms with Gasteiger partial charge in [0.2, 0.25) is 11.1 Å². The minimum atomic E-state index is -0.316. The van der Waals surface area contributed by atoms with Crippen molar-refractivity contribution >= 4 is 23.4 Å². The molecule has 24 heavy (non-hydrogen) atoms. The van der Waals surface area contributed by atoms with Crippen LogP contribution in [0.3, 0.4) is 0 Å². The second-order valence-electron chi connectivity index (χ2n) is 5.32. The van der Waals surface area contributed by atoms with Gasteiger partial charge in [0.1, 0.15) is 0 Å². The van der Waals surface area contributed by atoms with Crippen LogP contribution >= 0.6 is 11.8 Å². The van der Waals surface area contributed by atoms with Gasteiger partial charge in [-0.25, -0.2) is 4.98 Å². The lowest BCUT2D eigenvalue weighted by Crippen LogP contribution is -2.22. The fourth-order valence-electron chi connectivity index (χ4n) is 2.02. The molecule has 0 bridgehead atoms. The van der Waals surface area contributed by atoms with Crippen LogP contribution < -0.4 is 5.32 Å². The number of rotatable bonds is 5. The van der Waals surface area contributed by atoms with Crippen molar-refractivity contribution in [3.8, 4) is 11.4 Å². The van der Waals surface area contributed by atoms with Gasteiger partial charge in [0, 0.05) is 23.6 Å². The molecule has 3 aromatic rings. The largest absolute Gasteiger partial charge is 0.325 e. The second kappa shape index (κ2) is 7.27. The summed E-state index contributed by atoms with van der Waals surface area (Å²) in [6.07, 6.45) is 3.41. The van der Waals surface area contributed by atoms with Crippen molar-refractivity contribution in [1.82, 2.24) is 20.2 Å². The number of anilines is 1. The van der Waals surface area contributed by atoms with Gasteiger partial charge in [-0.15, -0.1) is 5.10 Å². The highest BCUT2D eigenvalue weighted by atomic mass is 32.2. The molecule has 1 unspecified atom stereocenters. The summed E-state index contributed by atoms with van der Waals surface area (Å²) in [6.45, 7) is 3.83. The molecule has 2 aromatic heterocycles. The molecule has 0 aliphatic carbocycles. The Balaban J connectivity index is 1.62. The minimum Gasteiger partial charge on any atom is -0.325 e. The Labute approximate surface area is 144 Å². The van der Waals surface area contributed by atoms with Gasteiger partial charge in [-0.1, -0.05) is 29.5 Å². The van der Waals surface area contributed by atoms with Crippen molar-refractivity contribution in [2.24, 2.45) is 0 Å². The topological polar surface area (TPSA) is 83.6 Å². The van der Waals surface area contributed by atoms with Crippen LogP contribution in [0.15, 0.2) is 53.9 Å². The molecule has 6 nitrogen and oxygen atoms in total. The molecule has 122 valence electrons. The number of aryl methyl sites for hydroxylation is 1. The van der Waals surface area contributed by atoms with E-state index >= 15 is 0 Å². The van der Waals surface area contributed by atoms with Crippen LogP contribution in [0.1, 0.15) is 12.5 Å². The molecule has 0 spiro atoms. The normalized spacial score (nSPS) is 11.9. The van der Waals surface area contributed by atoms with Gasteiger partial charge in [-0.3, -0.25) is 14.9 Å². The van der Waals surface area contributed by atoms with E-state index in [9.17, 15) is 4.79 Å². The average Bonchev–Trinajstić information content (AvgIpc) is 3.06. The molecule has 2 N–H and O–H groups in total. The number of nitrogens with zero attached hydrogens (tertiary/aromatic N) is 3. The lowest BCUT2D eigenvalue weighted by molar-refractivity contribution is -0.115.